The van der Waals surface area contributed by atoms with Gasteiger partial charge in [0.25, 0.3) is 5.56 Å². The molecular weight excluding hydrogens is 274 g/mol. The minimum atomic E-state index is -0.541. The van der Waals surface area contributed by atoms with E-state index in [1.807, 2.05) is 6.92 Å². The molecular formula is C12H19N7O2. The van der Waals surface area contributed by atoms with E-state index in [2.05, 4.69) is 20.4 Å². The first-order valence-electron chi connectivity index (χ1n) is 6.74. The van der Waals surface area contributed by atoms with Crippen LogP contribution >= 0.6 is 0 Å². The smallest absolute Gasteiger partial charge is 0.330 e. The van der Waals surface area contributed by atoms with Crippen molar-refractivity contribution < 1.29 is 0 Å². The molecule has 0 unspecified atom stereocenters. The van der Waals surface area contributed by atoms with Gasteiger partial charge in [-0.3, -0.25) is 19.0 Å². The zero-order valence-corrected chi connectivity index (χ0v) is 12.1. The summed E-state index contributed by atoms with van der Waals surface area (Å²) in [5, 5.41) is 6.98. The van der Waals surface area contributed by atoms with Gasteiger partial charge in [0, 0.05) is 13.6 Å². The molecule has 0 saturated carbocycles. The molecule has 4 N–H and O–H groups in total. The number of nitrogens with zero attached hydrogens (tertiary/aromatic N) is 4. The fourth-order valence-corrected chi connectivity index (χ4v) is 1.93. The largest absolute Gasteiger partial charge is 0.383 e. The molecule has 0 fully saturated rings. The molecule has 0 saturated heterocycles. The van der Waals surface area contributed by atoms with E-state index >= 15 is 0 Å². The van der Waals surface area contributed by atoms with Crippen molar-refractivity contribution in [3.63, 3.8) is 0 Å². The molecule has 9 nitrogen and oxygen atoms in total. The molecule has 0 aromatic carbocycles. The fraction of sp³-hybridized carbons (Fsp3) is 0.500. The Balaban J connectivity index is 2.26. The second-order valence-electron chi connectivity index (χ2n) is 4.71. The van der Waals surface area contributed by atoms with Gasteiger partial charge in [-0.2, -0.15) is 5.10 Å². The molecule has 0 bridgehead atoms. The number of nitrogens with one attached hydrogen (secondary N) is 2. The van der Waals surface area contributed by atoms with Crippen LogP contribution in [0.3, 0.4) is 0 Å². The van der Waals surface area contributed by atoms with Crippen LogP contribution in [0, 0.1) is 0 Å². The first-order valence-corrected chi connectivity index (χ1v) is 6.74. The van der Waals surface area contributed by atoms with Gasteiger partial charge < -0.3 is 11.1 Å². The summed E-state index contributed by atoms with van der Waals surface area (Å²) in [4.78, 5) is 29.9. The molecule has 21 heavy (non-hydrogen) atoms. The Morgan fingerprint density at radius 2 is 2.19 bits per heavy atom. The molecule has 2 aromatic rings. The van der Waals surface area contributed by atoms with Gasteiger partial charge in [-0.25, -0.2) is 9.78 Å². The number of H-pyrrole nitrogens is 1. The SMILES string of the molecule is CCCCn1c(N)c(NCc2ncn(C)n2)c(=O)[nH]c1=O. The van der Waals surface area contributed by atoms with Crippen LogP contribution in [-0.2, 0) is 20.1 Å². The quantitative estimate of drug-likeness (QED) is 0.669. The Morgan fingerprint density at radius 3 is 2.81 bits per heavy atom. The van der Waals surface area contributed by atoms with Crippen molar-refractivity contribution in [3.8, 4) is 0 Å². The topological polar surface area (TPSA) is 124 Å². The number of nitrogen functional groups attached to an aromatic ring is 1. The molecule has 2 heterocycles. The number of rotatable bonds is 6. The molecule has 114 valence electrons. The van der Waals surface area contributed by atoms with Crippen molar-refractivity contribution in [1.82, 2.24) is 24.3 Å². The summed E-state index contributed by atoms with van der Waals surface area (Å²) in [6.45, 7) is 2.73. The van der Waals surface area contributed by atoms with Gasteiger partial charge in [-0.15, -0.1) is 0 Å². The molecule has 0 aliphatic heterocycles. The van der Waals surface area contributed by atoms with Crippen LogP contribution in [0.5, 0.6) is 0 Å². The summed E-state index contributed by atoms with van der Waals surface area (Å²) < 4.78 is 2.92. The highest BCUT2D eigenvalue weighted by Gasteiger charge is 2.12. The maximum Gasteiger partial charge on any atom is 0.330 e. The molecule has 0 radical (unpaired) electrons. The highest BCUT2D eigenvalue weighted by Crippen LogP contribution is 2.11. The minimum absolute atomic E-state index is 0.133. The number of hydrogen-bond acceptors (Lipinski definition) is 6. The standard InChI is InChI=1S/C12H19N7O2/c1-3-4-5-19-10(13)9(11(20)16-12(19)21)14-6-8-15-7-18(2)17-8/h7,14H,3-6,13H2,1-2H3,(H,16,20,21). The second-order valence-corrected chi connectivity index (χ2v) is 4.71. The van der Waals surface area contributed by atoms with E-state index in [1.54, 1.807) is 18.1 Å². The molecule has 9 heteroatoms. The Bertz CT molecular complexity index is 728. The summed E-state index contributed by atoms with van der Waals surface area (Å²) in [5.74, 6) is 0.663. The van der Waals surface area contributed by atoms with Crippen LogP contribution in [0.1, 0.15) is 25.6 Å². The van der Waals surface area contributed by atoms with Gasteiger partial charge in [0.2, 0.25) is 0 Å². The lowest BCUT2D eigenvalue weighted by Crippen LogP contribution is -2.34. The van der Waals surface area contributed by atoms with Crippen molar-refractivity contribution in [3.05, 3.63) is 33.0 Å². The van der Waals surface area contributed by atoms with Gasteiger partial charge in [0.05, 0.1) is 6.54 Å². The molecule has 0 spiro atoms. The monoisotopic (exact) mass is 293 g/mol. The Hall–Kier alpha value is -2.58. The van der Waals surface area contributed by atoms with E-state index < -0.39 is 11.2 Å². The van der Waals surface area contributed by atoms with Crippen LogP contribution in [0.15, 0.2) is 15.9 Å². The Morgan fingerprint density at radius 1 is 1.43 bits per heavy atom. The predicted molar refractivity (Wildman–Crippen MR) is 79.0 cm³/mol. The van der Waals surface area contributed by atoms with Crippen LogP contribution in [0.4, 0.5) is 11.5 Å². The van der Waals surface area contributed by atoms with Crippen LogP contribution in [0.2, 0.25) is 0 Å². The third-order valence-electron chi connectivity index (χ3n) is 3.05. The minimum Gasteiger partial charge on any atom is -0.383 e. The lowest BCUT2D eigenvalue weighted by molar-refractivity contribution is 0.605. The Labute approximate surface area is 120 Å². The first kappa shape index (κ1) is 14.8. The van der Waals surface area contributed by atoms with Crippen molar-refractivity contribution in [1.29, 1.82) is 0 Å². The summed E-state index contributed by atoms with van der Waals surface area (Å²) in [5.41, 5.74) is 5.06. The molecule has 0 amide bonds. The molecule has 0 atom stereocenters. The molecule has 0 aliphatic rings. The van der Waals surface area contributed by atoms with Crippen molar-refractivity contribution in [2.24, 2.45) is 7.05 Å². The van der Waals surface area contributed by atoms with E-state index in [0.717, 1.165) is 12.8 Å². The average Bonchev–Trinajstić information content (AvgIpc) is 2.84. The van der Waals surface area contributed by atoms with E-state index in [-0.39, 0.29) is 18.1 Å². The zero-order valence-electron chi connectivity index (χ0n) is 12.1. The predicted octanol–water partition coefficient (Wildman–Crippen LogP) is -0.340. The summed E-state index contributed by atoms with van der Waals surface area (Å²) >= 11 is 0. The lowest BCUT2D eigenvalue weighted by Gasteiger charge is -2.12. The van der Waals surface area contributed by atoms with E-state index in [4.69, 9.17) is 5.73 Å². The first-order chi connectivity index (χ1) is 10.0. The average molecular weight is 293 g/mol. The number of nitrogens with two attached hydrogens (primary N) is 1. The number of aromatic nitrogens is 5. The zero-order chi connectivity index (χ0) is 15.4. The fourth-order valence-electron chi connectivity index (χ4n) is 1.93. The number of unbranched alkanes of at least 4 members (excludes halogenated alkanes) is 1. The maximum absolute atomic E-state index is 11.9. The number of aromatic amines is 1. The van der Waals surface area contributed by atoms with Crippen molar-refractivity contribution in [2.45, 2.75) is 32.9 Å². The normalized spacial score (nSPS) is 10.8. The van der Waals surface area contributed by atoms with E-state index in [0.29, 0.717) is 12.4 Å². The van der Waals surface area contributed by atoms with Crippen LogP contribution in [-0.4, -0.2) is 24.3 Å². The van der Waals surface area contributed by atoms with Crippen molar-refractivity contribution in [2.75, 3.05) is 11.1 Å². The third-order valence-corrected chi connectivity index (χ3v) is 3.05. The third kappa shape index (κ3) is 3.30. The molecule has 0 aliphatic carbocycles. The number of aryl methyl sites for hydroxylation is 1. The van der Waals surface area contributed by atoms with Crippen molar-refractivity contribution >= 4 is 11.5 Å². The van der Waals surface area contributed by atoms with E-state index in [1.165, 1.54) is 4.57 Å². The number of hydrogen-bond donors (Lipinski definition) is 3. The van der Waals surface area contributed by atoms with Gasteiger partial charge >= 0.3 is 5.69 Å². The van der Waals surface area contributed by atoms with Gasteiger partial charge in [-0.1, -0.05) is 13.3 Å². The highest BCUT2D eigenvalue weighted by molar-refractivity contribution is 5.60. The molecule has 2 aromatic heterocycles. The van der Waals surface area contributed by atoms with Crippen LogP contribution < -0.4 is 22.3 Å². The van der Waals surface area contributed by atoms with Gasteiger partial charge in [-0.05, 0) is 6.42 Å². The summed E-state index contributed by atoms with van der Waals surface area (Å²) in [6, 6.07) is 0. The lowest BCUT2D eigenvalue weighted by atomic mass is 10.3. The van der Waals surface area contributed by atoms with Gasteiger partial charge in [0.15, 0.2) is 5.82 Å². The summed E-state index contributed by atoms with van der Waals surface area (Å²) in [7, 11) is 1.75. The Kier molecular flexibility index (Phi) is 4.41. The highest BCUT2D eigenvalue weighted by atomic mass is 16.2. The van der Waals surface area contributed by atoms with Crippen LogP contribution in [0.25, 0.3) is 0 Å². The second kappa shape index (κ2) is 6.25. The van der Waals surface area contributed by atoms with E-state index in [9.17, 15) is 9.59 Å². The number of anilines is 2. The summed E-state index contributed by atoms with van der Waals surface area (Å²) in [6.07, 6.45) is 3.29. The maximum atomic E-state index is 11.9. The molecule has 2 rings (SSSR count). The van der Waals surface area contributed by atoms with Gasteiger partial charge in [0.1, 0.15) is 17.8 Å².